The van der Waals surface area contributed by atoms with Gasteiger partial charge in [-0.15, -0.1) is 11.3 Å². The monoisotopic (exact) mass is 376 g/mol. The Kier molecular flexibility index (Phi) is 4.13. The van der Waals surface area contributed by atoms with E-state index in [2.05, 4.69) is 26.3 Å². The molecule has 2 N–H and O–H groups in total. The van der Waals surface area contributed by atoms with E-state index in [9.17, 15) is 4.79 Å². The van der Waals surface area contributed by atoms with E-state index >= 15 is 0 Å². The number of aromatic amines is 1. The maximum Gasteiger partial charge on any atom is 0.224 e. The Labute approximate surface area is 160 Å². The molecule has 2 aromatic heterocycles. The van der Waals surface area contributed by atoms with E-state index in [1.54, 1.807) is 11.3 Å². The number of anilines is 1. The SMILES string of the molecule is O=C(CCc1nc2ccccc2s1)Nc1ccc2nc(C3CCC3)[nH]c2c1. The first kappa shape index (κ1) is 16.4. The number of imidazole rings is 1. The Bertz CT molecular complexity index is 1090. The molecule has 0 spiro atoms. The molecule has 0 atom stereocenters. The van der Waals surface area contributed by atoms with Gasteiger partial charge >= 0.3 is 0 Å². The van der Waals surface area contributed by atoms with Gasteiger partial charge in [0, 0.05) is 24.4 Å². The van der Waals surface area contributed by atoms with Crippen LogP contribution in [0.5, 0.6) is 0 Å². The molecule has 2 heterocycles. The van der Waals surface area contributed by atoms with Crippen LogP contribution in [0.3, 0.4) is 0 Å². The van der Waals surface area contributed by atoms with Crippen LogP contribution in [0.2, 0.25) is 0 Å². The molecular weight excluding hydrogens is 356 g/mol. The van der Waals surface area contributed by atoms with Gasteiger partial charge in [-0.25, -0.2) is 9.97 Å². The first-order valence-corrected chi connectivity index (χ1v) is 10.2. The highest BCUT2D eigenvalue weighted by Crippen LogP contribution is 2.35. The van der Waals surface area contributed by atoms with E-state index in [1.807, 2.05) is 36.4 Å². The number of hydrogen-bond donors (Lipinski definition) is 2. The van der Waals surface area contributed by atoms with Crippen LogP contribution in [0, 0.1) is 0 Å². The largest absolute Gasteiger partial charge is 0.342 e. The van der Waals surface area contributed by atoms with Crippen LogP contribution in [0.25, 0.3) is 21.3 Å². The number of amides is 1. The molecule has 1 saturated carbocycles. The summed E-state index contributed by atoms with van der Waals surface area (Å²) in [5, 5.41) is 4.00. The van der Waals surface area contributed by atoms with Crippen LogP contribution in [-0.2, 0) is 11.2 Å². The number of thiazole rings is 1. The number of rotatable bonds is 5. The van der Waals surface area contributed by atoms with Gasteiger partial charge in [0.2, 0.25) is 5.91 Å². The van der Waals surface area contributed by atoms with Crippen molar-refractivity contribution in [3.05, 3.63) is 53.3 Å². The van der Waals surface area contributed by atoms with Crippen molar-refractivity contribution in [2.45, 2.75) is 38.0 Å². The number of hydrogen-bond acceptors (Lipinski definition) is 4. The molecule has 0 bridgehead atoms. The molecule has 27 heavy (non-hydrogen) atoms. The van der Waals surface area contributed by atoms with Gasteiger partial charge in [-0.2, -0.15) is 0 Å². The summed E-state index contributed by atoms with van der Waals surface area (Å²) in [4.78, 5) is 25.0. The minimum atomic E-state index is 0.00679. The molecule has 6 heteroatoms. The first-order chi connectivity index (χ1) is 13.2. The highest BCUT2D eigenvalue weighted by Gasteiger charge is 2.22. The van der Waals surface area contributed by atoms with Gasteiger partial charge in [-0.05, 0) is 43.2 Å². The lowest BCUT2D eigenvalue weighted by molar-refractivity contribution is -0.116. The van der Waals surface area contributed by atoms with Crippen LogP contribution >= 0.6 is 11.3 Å². The van der Waals surface area contributed by atoms with E-state index in [0.717, 1.165) is 33.1 Å². The number of nitrogens with zero attached hydrogens (tertiary/aromatic N) is 2. The van der Waals surface area contributed by atoms with Crippen molar-refractivity contribution < 1.29 is 4.79 Å². The first-order valence-electron chi connectivity index (χ1n) is 9.38. The van der Waals surface area contributed by atoms with Crippen LogP contribution < -0.4 is 5.32 Å². The van der Waals surface area contributed by atoms with Crippen molar-refractivity contribution in [3.63, 3.8) is 0 Å². The average Bonchev–Trinajstić information content (AvgIpc) is 3.21. The minimum Gasteiger partial charge on any atom is -0.342 e. The summed E-state index contributed by atoms with van der Waals surface area (Å²) >= 11 is 1.66. The zero-order valence-corrected chi connectivity index (χ0v) is 15.7. The van der Waals surface area contributed by atoms with E-state index < -0.39 is 0 Å². The number of aryl methyl sites for hydroxylation is 1. The lowest BCUT2D eigenvalue weighted by Crippen LogP contribution is -2.12. The predicted molar refractivity (Wildman–Crippen MR) is 109 cm³/mol. The molecule has 0 unspecified atom stereocenters. The summed E-state index contributed by atoms with van der Waals surface area (Å²) in [5.41, 5.74) is 3.76. The quantitative estimate of drug-likeness (QED) is 0.514. The highest BCUT2D eigenvalue weighted by molar-refractivity contribution is 7.18. The van der Waals surface area contributed by atoms with Crippen LogP contribution in [0.4, 0.5) is 5.69 Å². The number of aromatic nitrogens is 3. The number of para-hydroxylation sites is 1. The highest BCUT2D eigenvalue weighted by atomic mass is 32.1. The lowest BCUT2D eigenvalue weighted by Gasteiger charge is -2.22. The summed E-state index contributed by atoms with van der Waals surface area (Å²) in [6.45, 7) is 0. The topological polar surface area (TPSA) is 70.7 Å². The van der Waals surface area contributed by atoms with E-state index in [0.29, 0.717) is 18.8 Å². The Morgan fingerprint density at radius 1 is 1.15 bits per heavy atom. The third-order valence-corrected chi connectivity index (χ3v) is 6.28. The third-order valence-electron chi connectivity index (χ3n) is 5.18. The molecule has 5 nitrogen and oxygen atoms in total. The molecule has 5 rings (SSSR count). The van der Waals surface area contributed by atoms with Crippen LogP contribution in [-0.4, -0.2) is 20.9 Å². The molecule has 1 aliphatic carbocycles. The Morgan fingerprint density at radius 2 is 2.04 bits per heavy atom. The fourth-order valence-electron chi connectivity index (χ4n) is 3.45. The smallest absolute Gasteiger partial charge is 0.224 e. The number of fused-ring (bicyclic) bond motifs is 2. The maximum absolute atomic E-state index is 12.3. The molecule has 136 valence electrons. The third kappa shape index (κ3) is 3.32. The predicted octanol–water partition coefficient (Wildman–Crippen LogP) is 5.01. The van der Waals surface area contributed by atoms with Crippen molar-refractivity contribution in [2.75, 3.05) is 5.32 Å². The van der Waals surface area contributed by atoms with Gasteiger partial charge in [0.15, 0.2) is 0 Å². The van der Waals surface area contributed by atoms with Gasteiger partial charge in [-0.1, -0.05) is 18.6 Å². The van der Waals surface area contributed by atoms with Gasteiger partial charge in [0.05, 0.1) is 26.3 Å². The average molecular weight is 376 g/mol. The molecule has 1 amide bonds. The van der Waals surface area contributed by atoms with Crippen molar-refractivity contribution >= 4 is 44.2 Å². The Balaban J connectivity index is 1.24. The second-order valence-corrected chi connectivity index (χ2v) is 8.22. The van der Waals surface area contributed by atoms with Crippen molar-refractivity contribution in [1.82, 2.24) is 15.0 Å². The zero-order valence-electron chi connectivity index (χ0n) is 14.9. The summed E-state index contributed by atoms with van der Waals surface area (Å²) in [7, 11) is 0. The maximum atomic E-state index is 12.3. The van der Waals surface area contributed by atoms with E-state index in [-0.39, 0.29) is 5.91 Å². The summed E-state index contributed by atoms with van der Waals surface area (Å²) in [6.07, 6.45) is 4.81. The Hall–Kier alpha value is -2.73. The minimum absolute atomic E-state index is 0.00679. The molecule has 2 aromatic carbocycles. The lowest BCUT2D eigenvalue weighted by atomic mass is 9.85. The fraction of sp³-hybridized carbons (Fsp3) is 0.286. The molecule has 1 fully saturated rings. The summed E-state index contributed by atoms with van der Waals surface area (Å²) < 4.78 is 1.17. The number of nitrogens with one attached hydrogen (secondary N) is 2. The van der Waals surface area contributed by atoms with E-state index in [1.165, 1.54) is 24.0 Å². The van der Waals surface area contributed by atoms with Gasteiger partial charge < -0.3 is 10.3 Å². The molecule has 0 aliphatic heterocycles. The second-order valence-electron chi connectivity index (χ2n) is 7.11. The molecule has 4 aromatic rings. The van der Waals surface area contributed by atoms with Gasteiger partial charge in [0.1, 0.15) is 5.82 Å². The van der Waals surface area contributed by atoms with Crippen LogP contribution in [0.15, 0.2) is 42.5 Å². The number of carbonyl (C=O) groups is 1. The zero-order chi connectivity index (χ0) is 18.2. The number of benzene rings is 2. The molecule has 0 radical (unpaired) electrons. The van der Waals surface area contributed by atoms with Crippen molar-refractivity contribution in [1.29, 1.82) is 0 Å². The van der Waals surface area contributed by atoms with E-state index in [4.69, 9.17) is 0 Å². The standard InChI is InChI=1S/C21H20N4OS/c26-19(10-11-20-23-16-6-1-2-7-18(16)27-20)22-14-8-9-15-17(12-14)25-21(24-15)13-4-3-5-13/h1-2,6-9,12-13H,3-5,10-11H2,(H,22,26)(H,24,25). The molecule has 1 aliphatic rings. The Morgan fingerprint density at radius 3 is 2.85 bits per heavy atom. The normalized spacial score (nSPS) is 14.5. The molecule has 0 saturated heterocycles. The van der Waals surface area contributed by atoms with Crippen molar-refractivity contribution in [3.8, 4) is 0 Å². The number of carbonyl (C=O) groups excluding carboxylic acids is 1. The summed E-state index contributed by atoms with van der Waals surface area (Å²) in [5.74, 6) is 1.66. The van der Waals surface area contributed by atoms with Gasteiger partial charge in [-0.3, -0.25) is 4.79 Å². The number of H-pyrrole nitrogens is 1. The fourth-order valence-corrected chi connectivity index (χ4v) is 4.42. The van der Waals surface area contributed by atoms with Gasteiger partial charge in [0.25, 0.3) is 0 Å². The van der Waals surface area contributed by atoms with Crippen LogP contribution in [0.1, 0.15) is 42.4 Å². The molecular formula is C21H20N4OS. The summed E-state index contributed by atoms with van der Waals surface area (Å²) in [6, 6.07) is 13.9. The van der Waals surface area contributed by atoms with Crippen molar-refractivity contribution in [2.24, 2.45) is 0 Å². The second kappa shape index (κ2) is 6.78.